The molecule has 1 amide bonds. The second kappa shape index (κ2) is 6.16. The molecule has 1 aromatic heterocycles. The van der Waals surface area contributed by atoms with Gasteiger partial charge >= 0.3 is 0 Å². The van der Waals surface area contributed by atoms with Crippen LogP contribution in [0.5, 0.6) is 0 Å². The van der Waals surface area contributed by atoms with E-state index in [0.29, 0.717) is 0 Å². The molecule has 0 aliphatic heterocycles. The van der Waals surface area contributed by atoms with Crippen molar-refractivity contribution in [1.82, 2.24) is 15.1 Å². The highest BCUT2D eigenvalue weighted by atomic mass is 79.9. The number of nitrogens with two attached hydrogens (primary N) is 1. The maximum atomic E-state index is 11.3. The van der Waals surface area contributed by atoms with E-state index >= 15 is 0 Å². The zero-order valence-electron chi connectivity index (χ0n) is 10.2. The fourth-order valence-corrected chi connectivity index (χ4v) is 1.91. The number of likely N-dealkylation sites (N-methyl/N-ethyl adjacent to an activating group) is 1. The van der Waals surface area contributed by atoms with Crippen LogP contribution in [0.4, 0.5) is 0 Å². The molecule has 3 N–H and O–H groups in total. The molecule has 1 aromatic rings. The number of aryl methyl sites for hydroxylation is 1. The second-order valence-electron chi connectivity index (χ2n) is 4.33. The van der Waals surface area contributed by atoms with Gasteiger partial charge in [-0.3, -0.25) is 9.48 Å². The molecule has 0 aromatic carbocycles. The van der Waals surface area contributed by atoms with Gasteiger partial charge in [-0.1, -0.05) is 0 Å². The molecule has 17 heavy (non-hydrogen) atoms. The van der Waals surface area contributed by atoms with Crippen molar-refractivity contribution in [2.45, 2.75) is 38.3 Å². The van der Waals surface area contributed by atoms with E-state index in [4.69, 9.17) is 5.73 Å². The number of amides is 1. The summed E-state index contributed by atoms with van der Waals surface area (Å²) in [5.41, 5.74) is 4.75. The molecular weight excluding hydrogens is 284 g/mol. The lowest BCUT2D eigenvalue weighted by Crippen LogP contribution is -2.51. The van der Waals surface area contributed by atoms with Crippen LogP contribution in [0.2, 0.25) is 0 Å². The van der Waals surface area contributed by atoms with Gasteiger partial charge < -0.3 is 11.1 Å². The normalized spacial score (nSPS) is 14.5. The summed E-state index contributed by atoms with van der Waals surface area (Å²) < 4.78 is 2.86. The van der Waals surface area contributed by atoms with Crippen molar-refractivity contribution in [3.8, 4) is 0 Å². The molecule has 1 atom stereocenters. The van der Waals surface area contributed by atoms with Gasteiger partial charge in [0.1, 0.15) is 0 Å². The van der Waals surface area contributed by atoms with Gasteiger partial charge in [-0.05, 0) is 49.2 Å². The van der Waals surface area contributed by atoms with Crippen molar-refractivity contribution in [3.63, 3.8) is 0 Å². The molecule has 0 saturated heterocycles. The zero-order valence-corrected chi connectivity index (χ0v) is 11.8. The van der Waals surface area contributed by atoms with Crippen LogP contribution in [0.25, 0.3) is 0 Å². The number of halogens is 1. The maximum Gasteiger partial charge on any atom is 0.237 e. The molecular formula is C11H19BrN4O. The van der Waals surface area contributed by atoms with Crippen molar-refractivity contribution >= 4 is 21.8 Å². The summed E-state index contributed by atoms with van der Waals surface area (Å²) in [6.07, 6.45) is 6.34. The first-order valence-corrected chi connectivity index (χ1v) is 6.44. The molecule has 1 heterocycles. The van der Waals surface area contributed by atoms with Gasteiger partial charge in [-0.15, -0.1) is 0 Å². The summed E-state index contributed by atoms with van der Waals surface area (Å²) in [7, 11) is 1.76. The first-order chi connectivity index (χ1) is 7.98. The number of nitrogens with one attached hydrogen (secondary N) is 1. The summed E-state index contributed by atoms with van der Waals surface area (Å²) in [5, 5.41) is 7.14. The third kappa shape index (κ3) is 4.12. The zero-order chi connectivity index (χ0) is 12.9. The number of carbonyl (C=O) groups is 1. The predicted octanol–water partition coefficient (Wildman–Crippen LogP) is 1.28. The van der Waals surface area contributed by atoms with Crippen LogP contribution >= 0.6 is 15.9 Å². The largest absolute Gasteiger partial charge is 0.368 e. The van der Waals surface area contributed by atoms with Crippen LogP contribution in [0.15, 0.2) is 16.9 Å². The third-order valence-electron chi connectivity index (χ3n) is 3.01. The number of rotatable bonds is 7. The van der Waals surface area contributed by atoms with Gasteiger partial charge in [0.15, 0.2) is 0 Å². The highest BCUT2D eigenvalue weighted by Gasteiger charge is 2.27. The molecule has 5 nitrogen and oxygen atoms in total. The van der Waals surface area contributed by atoms with Crippen LogP contribution in [0.1, 0.15) is 26.2 Å². The monoisotopic (exact) mass is 302 g/mol. The molecule has 0 bridgehead atoms. The Morgan fingerprint density at radius 1 is 1.65 bits per heavy atom. The van der Waals surface area contributed by atoms with Gasteiger partial charge in [-0.25, -0.2) is 0 Å². The minimum absolute atomic E-state index is 0.304. The Morgan fingerprint density at radius 3 is 2.82 bits per heavy atom. The number of primary amides is 1. The number of nitrogens with zero attached hydrogens (tertiary/aromatic N) is 2. The summed E-state index contributed by atoms with van der Waals surface area (Å²) >= 11 is 3.35. The van der Waals surface area contributed by atoms with Crippen molar-refractivity contribution in [1.29, 1.82) is 0 Å². The fourth-order valence-electron chi connectivity index (χ4n) is 1.58. The minimum Gasteiger partial charge on any atom is -0.368 e. The molecule has 0 fully saturated rings. The lowest BCUT2D eigenvalue weighted by Gasteiger charge is -2.25. The lowest BCUT2D eigenvalue weighted by molar-refractivity contribution is -0.123. The number of hydrogen-bond acceptors (Lipinski definition) is 3. The van der Waals surface area contributed by atoms with Gasteiger partial charge in [0, 0.05) is 12.7 Å². The van der Waals surface area contributed by atoms with Crippen LogP contribution in [0.3, 0.4) is 0 Å². The average molecular weight is 303 g/mol. The van der Waals surface area contributed by atoms with E-state index < -0.39 is 5.54 Å². The van der Waals surface area contributed by atoms with Crippen molar-refractivity contribution < 1.29 is 4.79 Å². The van der Waals surface area contributed by atoms with E-state index in [0.717, 1.165) is 30.3 Å². The van der Waals surface area contributed by atoms with E-state index in [1.807, 2.05) is 17.8 Å². The number of carbonyl (C=O) groups excluding carboxylic acids is 1. The summed E-state index contributed by atoms with van der Waals surface area (Å²) in [4.78, 5) is 11.3. The minimum atomic E-state index is -0.606. The molecule has 0 radical (unpaired) electrons. The number of aromatic nitrogens is 2. The quantitative estimate of drug-likeness (QED) is 0.745. The Bertz CT molecular complexity index is 379. The molecule has 0 spiro atoms. The van der Waals surface area contributed by atoms with E-state index in [-0.39, 0.29) is 5.91 Å². The highest BCUT2D eigenvalue weighted by molar-refractivity contribution is 9.10. The van der Waals surface area contributed by atoms with Gasteiger partial charge in [0.05, 0.1) is 16.2 Å². The van der Waals surface area contributed by atoms with Crippen molar-refractivity contribution in [2.75, 3.05) is 7.05 Å². The van der Waals surface area contributed by atoms with Crippen molar-refractivity contribution in [2.24, 2.45) is 5.73 Å². The van der Waals surface area contributed by atoms with Gasteiger partial charge in [0.2, 0.25) is 5.91 Å². The topological polar surface area (TPSA) is 72.9 Å². The third-order valence-corrected chi connectivity index (χ3v) is 3.42. The Hall–Kier alpha value is -0.880. The predicted molar refractivity (Wildman–Crippen MR) is 70.4 cm³/mol. The summed E-state index contributed by atoms with van der Waals surface area (Å²) in [6, 6.07) is 0. The van der Waals surface area contributed by atoms with Crippen LogP contribution in [0, 0.1) is 0 Å². The first-order valence-electron chi connectivity index (χ1n) is 5.65. The first kappa shape index (κ1) is 14.2. The van der Waals surface area contributed by atoms with Crippen molar-refractivity contribution in [3.05, 3.63) is 16.9 Å². The Balaban J connectivity index is 2.30. The molecule has 0 saturated carbocycles. The molecule has 6 heteroatoms. The fraction of sp³-hybridized carbons (Fsp3) is 0.636. The average Bonchev–Trinajstić information content (AvgIpc) is 2.70. The Morgan fingerprint density at radius 2 is 2.35 bits per heavy atom. The van der Waals surface area contributed by atoms with Crippen LogP contribution < -0.4 is 11.1 Å². The standard InChI is InChI=1S/C11H19BrN4O/c1-11(14-2,10(13)17)5-3-4-6-16-8-9(12)7-15-16/h7-8,14H,3-6H2,1-2H3,(H2,13,17). The van der Waals surface area contributed by atoms with Crippen LogP contribution in [-0.4, -0.2) is 28.3 Å². The van der Waals surface area contributed by atoms with Gasteiger partial charge in [0.25, 0.3) is 0 Å². The van der Waals surface area contributed by atoms with Crippen LogP contribution in [-0.2, 0) is 11.3 Å². The van der Waals surface area contributed by atoms with E-state index in [1.54, 1.807) is 13.2 Å². The number of hydrogen-bond donors (Lipinski definition) is 2. The molecule has 96 valence electrons. The summed E-state index contributed by atoms with van der Waals surface area (Å²) in [6.45, 7) is 2.68. The Labute approximate surface area is 110 Å². The number of unbranched alkanes of at least 4 members (excludes halogenated alkanes) is 1. The molecule has 1 unspecified atom stereocenters. The smallest absolute Gasteiger partial charge is 0.237 e. The van der Waals surface area contributed by atoms with E-state index in [9.17, 15) is 4.79 Å². The Kier molecular flexibility index (Phi) is 5.14. The highest BCUT2D eigenvalue weighted by Crippen LogP contribution is 2.14. The molecule has 1 rings (SSSR count). The maximum absolute atomic E-state index is 11.3. The SMILES string of the molecule is CNC(C)(CCCCn1cc(Br)cn1)C(N)=O. The lowest BCUT2D eigenvalue weighted by atomic mass is 9.94. The molecule has 0 aliphatic rings. The summed E-state index contributed by atoms with van der Waals surface area (Å²) in [5.74, 6) is -0.304. The second-order valence-corrected chi connectivity index (χ2v) is 5.24. The van der Waals surface area contributed by atoms with E-state index in [2.05, 4.69) is 26.3 Å². The van der Waals surface area contributed by atoms with Gasteiger partial charge in [-0.2, -0.15) is 5.10 Å². The molecule has 0 aliphatic carbocycles. The van der Waals surface area contributed by atoms with E-state index in [1.165, 1.54) is 0 Å².